The lowest BCUT2D eigenvalue weighted by Crippen LogP contribution is -2.69. The lowest BCUT2D eigenvalue weighted by Gasteiger charge is -2.49. The number of hydrogen-bond donors (Lipinski definition) is 12. The number of benzene rings is 3. The highest BCUT2D eigenvalue weighted by atomic mass is 32.2. The number of hydrogen-bond acceptors (Lipinski definition) is 22. The Morgan fingerprint density at radius 1 is 0.588 bits per heavy atom. The fourth-order valence-electron chi connectivity index (χ4n) is 8.74. The monoisotopic (exact) mass is 1160 g/mol. The normalized spacial score (nSPS) is 24.3. The molecule has 27 heteroatoms. The Balaban J connectivity index is 0.979. The Hall–Kier alpha value is -5.79. The van der Waals surface area contributed by atoms with Crippen molar-refractivity contribution in [1.82, 2.24) is 26.6 Å². The van der Waals surface area contributed by atoms with E-state index in [0.717, 1.165) is 25.0 Å². The minimum Gasteiger partial charge on any atom is -0.544 e. The van der Waals surface area contributed by atoms with Gasteiger partial charge in [0.05, 0.1) is 50.2 Å². The van der Waals surface area contributed by atoms with Crippen LogP contribution in [0.2, 0.25) is 0 Å². The highest BCUT2D eigenvalue weighted by Crippen LogP contribution is 2.35. The van der Waals surface area contributed by atoms with E-state index >= 15 is 0 Å². The molecule has 0 aliphatic carbocycles. The molecule has 2 saturated heterocycles. The number of thioether (sulfide) groups is 2. The van der Waals surface area contributed by atoms with Crippen LogP contribution in [-0.2, 0) is 38.1 Å². The highest BCUT2D eigenvalue weighted by Gasteiger charge is 2.54. The van der Waals surface area contributed by atoms with Gasteiger partial charge in [0.25, 0.3) is 17.7 Å². The Morgan fingerprint density at radius 3 is 1.38 bits per heavy atom. The predicted molar refractivity (Wildman–Crippen MR) is 284 cm³/mol. The number of aliphatic hydroxyl groups excluding tert-OH is 7. The molecule has 440 valence electrons. The van der Waals surface area contributed by atoms with E-state index in [1.807, 2.05) is 30.3 Å². The second-order valence-corrected chi connectivity index (χ2v) is 21.4. The molecule has 0 saturated carbocycles. The molecule has 25 nitrogen and oxygen atoms in total. The molecule has 12 atom stereocenters. The van der Waals surface area contributed by atoms with Crippen LogP contribution in [0.15, 0.2) is 78.9 Å². The lowest BCUT2D eigenvalue weighted by atomic mass is 9.88. The van der Waals surface area contributed by atoms with Crippen LogP contribution in [0.25, 0.3) is 11.1 Å². The van der Waals surface area contributed by atoms with Crippen molar-refractivity contribution in [2.24, 2.45) is 0 Å². The van der Waals surface area contributed by atoms with Crippen molar-refractivity contribution < 1.29 is 98.5 Å². The number of amides is 5. The van der Waals surface area contributed by atoms with Gasteiger partial charge in [-0.05, 0) is 71.9 Å². The summed E-state index contributed by atoms with van der Waals surface area (Å²) < 4.78 is 22.5. The second-order valence-electron chi connectivity index (χ2n) is 18.9. The van der Waals surface area contributed by atoms with Crippen molar-refractivity contribution in [2.45, 2.75) is 112 Å². The van der Waals surface area contributed by atoms with E-state index in [1.165, 1.54) is 47.8 Å². The summed E-state index contributed by atoms with van der Waals surface area (Å²) in [6.45, 7) is 0.900. The Morgan fingerprint density at radius 2 is 0.975 bits per heavy atom. The van der Waals surface area contributed by atoms with Crippen LogP contribution in [0.1, 0.15) is 70.6 Å². The first-order chi connectivity index (χ1) is 38.1. The smallest absolute Gasteiger partial charge is 0.251 e. The number of aliphatic hydroxyl groups is 7. The van der Waals surface area contributed by atoms with Crippen LogP contribution < -0.4 is 36.8 Å². The van der Waals surface area contributed by atoms with Gasteiger partial charge in [-0.15, -0.1) is 0 Å². The molecular weight excluding hydrogens is 1090 g/mol. The van der Waals surface area contributed by atoms with Crippen molar-refractivity contribution in [1.29, 1.82) is 0 Å². The van der Waals surface area contributed by atoms with Gasteiger partial charge in [-0.3, -0.25) is 24.0 Å². The minimum absolute atomic E-state index is 0.197. The summed E-state index contributed by atoms with van der Waals surface area (Å²) in [5, 5.41) is 111. The maximum atomic E-state index is 12.9. The molecule has 2 aliphatic rings. The zero-order valence-electron chi connectivity index (χ0n) is 43.9. The Kier molecular flexibility index (Phi) is 25.5. The standard InChI is InChI=1S/C53H71N5O20S2/c1-30(60)57-41-37(62)26-52(50(71)72,77-45(41)43(66)39(64)28-56-49(70)36-12-10-33(11-13-36)32-8-4-3-5-9-32)75-20-6-22-79-24-18-54-47(68)34-14-16-35(17-15-34)48(69)55-19-25-80-23-7-21-76-53(51(73)74)27-38(63)42(58-31(2)61)46(78-53)44(67)40(65)29-59/h3-5,8-17,37-46,59,62-67H,6-7,18-29H2,1-2H3,(H,54,68)(H,55,69)(H,56,70)(H,57,60)(H,58,61)(H,71,72)(H,73,74)/p-2/t37-,38-,39+,40+,41+,42+,43+,44+,45+,46+,52+,53+/m0/s1. The molecule has 0 bridgehead atoms. The number of carboxylic acid groups (broad SMARTS) is 2. The molecule has 12 N–H and O–H groups in total. The van der Waals surface area contributed by atoms with E-state index < -0.39 is 140 Å². The van der Waals surface area contributed by atoms with Gasteiger partial charge in [-0.25, -0.2) is 0 Å². The molecule has 0 spiro atoms. The van der Waals surface area contributed by atoms with Gasteiger partial charge in [-0.2, -0.15) is 23.5 Å². The molecule has 80 heavy (non-hydrogen) atoms. The molecule has 0 radical (unpaired) electrons. The van der Waals surface area contributed by atoms with Gasteiger partial charge in [0.1, 0.15) is 42.5 Å². The Labute approximate surface area is 469 Å². The topological polar surface area (TPSA) is 404 Å². The second kappa shape index (κ2) is 31.4. The third kappa shape index (κ3) is 18.4. The van der Waals surface area contributed by atoms with Crippen molar-refractivity contribution >= 4 is 65.0 Å². The van der Waals surface area contributed by atoms with Crippen molar-refractivity contribution in [3.8, 4) is 11.1 Å². The summed E-state index contributed by atoms with van der Waals surface area (Å²) in [6.07, 6.45) is -14.9. The molecular formula is C53H69N5O20S2-2. The minimum atomic E-state index is -2.59. The average Bonchev–Trinajstić information content (AvgIpc) is 3.48. The van der Waals surface area contributed by atoms with Crippen LogP contribution in [0.4, 0.5) is 0 Å². The van der Waals surface area contributed by atoms with E-state index in [4.69, 9.17) is 18.9 Å². The zero-order chi connectivity index (χ0) is 58.6. The van der Waals surface area contributed by atoms with E-state index in [2.05, 4.69) is 26.6 Å². The number of nitrogens with one attached hydrogen (secondary N) is 5. The van der Waals surface area contributed by atoms with Crippen LogP contribution in [0.5, 0.6) is 0 Å². The van der Waals surface area contributed by atoms with Crippen molar-refractivity contribution in [3.63, 3.8) is 0 Å². The summed E-state index contributed by atoms with van der Waals surface area (Å²) >= 11 is 2.81. The summed E-state index contributed by atoms with van der Waals surface area (Å²) in [7, 11) is 0. The number of carbonyl (C=O) groups is 7. The third-order valence-electron chi connectivity index (χ3n) is 12.9. The van der Waals surface area contributed by atoms with Gasteiger partial charge in [0, 0.05) is 74.5 Å². The molecule has 0 unspecified atom stereocenters. The molecule has 3 aromatic carbocycles. The summed E-state index contributed by atoms with van der Waals surface area (Å²) in [5.41, 5.74) is 2.66. The number of aliphatic carboxylic acids is 2. The summed E-state index contributed by atoms with van der Waals surface area (Å²) in [4.78, 5) is 87.1. The molecule has 5 rings (SSSR count). The van der Waals surface area contributed by atoms with Crippen LogP contribution in [0, 0.1) is 0 Å². The van der Waals surface area contributed by atoms with Gasteiger partial charge < -0.3 is 101 Å². The average molecular weight is 1160 g/mol. The lowest BCUT2D eigenvalue weighted by molar-refractivity contribution is -0.382. The molecule has 2 aliphatic heterocycles. The van der Waals surface area contributed by atoms with E-state index in [9.17, 15) is 79.5 Å². The number of ether oxygens (including phenoxy) is 4. The maximum Gasteiger partial charge on any atom is 0.251 e. The first-order valence-corrected chi connectivity index (χ1v) is 28.0. The fraction of sp³-hybridized carbons (Fsp3) is 0.528. The quantitative estimate of drug-likeness (QED) is 0.0275. The van der Waals surface area contributed by atoms with Gasteiger partial charge >= 0.3 is 0 Å². The summed E-state index contributed by atoms with van der Waals surface area (Å²) in [6, 6.07) is 19.4. The number of carboxylic acids is 2. The fourth-order valence-corrected chi connectivity index (χ4v) is 10.3. The van der Waals surface area contributed by atoms with Crippen molar-refractivity contribution in [3.05, 3.63) is 95.6 Å². The van der Waals surface area contributed by atoms with E-state index in [1.54, 1.807) is 24.3 Å². The van der Waals surface area contributed by atoms with Crippen LogP contribution in [-0.4, -0.2) is 212 Å². The number of rotatable bonds is 31. The summed E-state index contributed by atoms with van der Waals surface area (Å²) in [5.74, 6) is -9.75. The maximum absolute atomic E-state index is 12.9. The van der Waals surface area contributed by atoms with Gasteiger partial charge in [0.15, 0.2) is 0 Å². The van der Waals surface area contributed by atoms with Crippen LogP contribution >= 0.6 is 23.5 Å². The molecule has 2 fully saturated rings. The van der Waals surface area contributed by atoms with Crippen LogP contribution in [0.3, 0.4) is 0 Å². The number of carbonyl (C=O) groups excluding carboxylic acids is 7. The van der Waals surface area contributed by atoms with Gasteiger partial charge in [-0.1, -0.05) is 42.5 Å². The first kappa shape index (κ1) is 65.0. The molecule has 2 heterocycles. The SMILES string of the molecule is CC(=O)N[C@H]1[C@H]([C@H](O)[C@H](O)CO)O[C@@](OCCCSCCNC(=O)c2ccc(C(=O)NCCSCCCO[C@]3(C(=O)[O-])C[C@H](O)[C@@H](NC(C)=O)[C@H]([C@H](O)[C@H](O)CNC(=O)c4ccc(-c5ccccc5)cc4)O3)cc2)(C(=O)[O-])C[C@@H]1O. The molecule has 5 amide bonds. The third-order valence-corrected chi connectivity index (χ3v) is 15.0. The predicted octanol–water partition coefficient (Wildman–Crippen LogP) is -3.84. The first-order valence-electron chi connectivity index (χ1n) is 25.7. The Bertz CT molecular complexity index is 2520. The van der Waals surface area contributed by atoms with E-state index in [0.29, 0.717) is 34.1 Å². The zero-order valence-corrected chi connectivity index (χ0v) is 45.6. The molecule has 3 aromatic rings. The van der Waals surface area contributed by atoms with E-state index in [-0.39, 0.29) is 44.7 Å². The highest BCUT2D eigenvalue weighted by molar-refractivity contribution is 7.99. The largest absolute Gasteiger partial charge is 0.544 e. The van der Waals surface area contributed by atoms with Crippen molar-refractivity contribution in [2.75, 3.05) is 62.5 Å². The van der Waals surface area contributed by atoms with Gasteiger partial charge in [0.2, 0.25) is 23.4 Å². The molecule has 0 aromatic heterocycles.